The summed E-state index contributed by atoms with van der Waals surface area (Å²) in [7, 11) is 1.52. The second-order valence-electron chi connectivity index (χ2n) is 8.63. The van der Waals surface area contributed by atoms with Gasteiger partial charge in [0.2, 0.25) is 11.8 Å². The first-order chi connectivity index (χ1) is 18.3. The van der Waals surface area contributed by atoms with Gasteiger partial charge in [0.05, 0.1) is 0 Å². The van der Waals surface area contributed by atoms with Crippen molar-refractivity contribution in [2.45, 2.75) is 18.9 Å². The normalized spacial score (nSPS) is 12.4. The van der Waals surface area contributed by atoms with Gasteiger partial charge in [-0.15, -0.1) is 0 Å². The number of imidazole rings is 1. The summed E-state index contributed by atoms with van der Waals surface area (Å²) in [6, 6.07) is 22.1. The van der Waals surface area contributed by atoms with E-state index in [4.69, 9.17) is 4.74 Å². The summed E-state index contributed by atoms with van der Waals surface area (Å²) in [6.45, 7) is 1.70. The van der Waals surface area contributed by atoms with Crippen LogP contribution >= 0.6 is 22.6 Å². The highest BCUT2D eigenvalue weighted by Gasteiger charge is 2.33. The summed E-state index contributed by atoms with van der Waals surface area (Å²) < 4.78 is 7.52. The van der Waals surface area contributed by atoms with Crippen molar-refractivity contribution in [3.8, 4) is 22.9 Å². The maximum Gasteiger partial charge on any atom is 0.329 e. The minimum absolute atomic E-state index is 0.136. The molecule has 1 heterocycles. The van der Waals surface area contributed by atoms with E-state index >= 15 is 0 Å². The van der Waals surface area contributed by atoms with Crippen LogP contribution in [0.4, 0.5) is 5.69 Å². The highest BCUT2D eigenvalue weighted by molar-refractivity contribution is 14.1. The van der Waals surface area contributed by atoms with Crippen molar-refractivity contribution >= 4 is 40.1 Å². The molecule has 0 saturated carbocycles. The van der Waals surface area contributed by atoms with Crippen LogP contribution in [-0.2, 0) is 9.59 Å². The molecule has 1 aromatic heterocycles. The molecule has 0 aliphatic rings. The van der Waals surface area contributed by atoms with Crippen LogP contribution < -0.4 is 21.1 Å². The van der Waals surface area contributed by atoms with Gasteiger partial charge in [-0.3, -0.25) is 9.59 Å². The minimum atomic E-state index is -1.05. The Balaban J connectivity index is 1.69. The summed E-state index contributed by atoms with van der Waals surface area (Å²) in [4.78, 5) is 40.9. The smallest absolute Gasteiger partial charge is 0.329 e. The monoisotopic (exact) mass is 626 g/mol. The Labute approximate surface area is 233 Å². The van der Waals surface area contributed by atoms with Crippen LogP contribution in [0.3, 0.4) is 0 Å². The van der Waals surface area contributed by atoms with Crippen molar-refractivity contribution in [2.75, 3.05) is 19.0 Å². The Hall–Kier alpha value is -4.06. The molecule has 0 aliphatic carbocycles. The summed E-state index contributed by atoms with van der Waals surface area (Å²) in [5.74, 6) is -1.07. The molecule has 0 aliphatic heterocycles. The van der Waals surface area contributed by atoms with Gasteiger partial charge in [0.1, 0.15) is 17.5 Å². The topological polar surface area (TPSA) is 125 Å². The molecule has 38 heavy (non-hydrogen) atoms. The number of H-pyrrole nitrogens is 1. The Morgan fingerprint density at radius 3 is 2.32 bits per heavy atom. The van der Waals surface area contributed by atoms with E-state index in [1.54, 1.807) is 36.4 Å². The van der Waals surface area contributed by atoms with Crippen LogP contribution in [-0.4, -0.2) is 40.1 Å². The number of hydrogen-bond acceptors (Lipinski definition) is 5. The molecule has 2 amide bonds. The zero-order valence-corrected chi connectivity index (χ0v) is 22.9. The van der Waals surface area contributed by atoms with Crippen molar-refractivity contribution in [3.05, 3.63) is 98.5 Å². The van der Waals surface area contributed by atoms with E-state index < -0.39 is 23.6 Å². The summed E-state index contributed by atoms with van der Waals surface area (Å²) in [5.41, 5.74) is 1.47. The number of benzene rings is 3. The van der Waals surface area contributed by atoms with Crippen LogP contribution in [0.25, 0.3) is 11.3 Å². The van der Waals surface area contributed by atoms with E-state index in [0.29, 0.717) is 17.0 Å². The van der Waals surface area contributed by atoms with Crippen LogP contribution in [0.2, 0.25) is 0 Å². The zero-order valence-electron chi connectivity index (χ0n) is 20.8. The molecule has 0 bridgehead atoms. The summed E-state index contributed by atoms with van der Waals surface area (Å²) in [6.07, 6.45) is 0. The van der Waals surface area contributed by atoms with Crippen molar-refractivity contribution in [3.63, 3.8) is 0 Å². The molecule has 4 N–H and O–H groups in total. The number of rotatable bonds is 9. The lowest BCUT2D eigenvalue weighted by Gasteiger charge is -2.25. The van der Waals surface area contributed by atoms with Gasteiger partial charge >= 0.3 is 5.69 Å². The predicted octanol–water partition coefficient (Wildman–Crippen LogP) is 4.26. The molecule has 10 heteroatoms. The maximum absolute atomic E-state index is 13.6. The second-order valence-corrected chi connectivity index (χ2v) is 9.87. The first kappa shape index (κ1) is 27.0. The summed E-state index contributed by atoms with van der Waals surface area (Å²) >= 11 is 2.18. The van der Waals surface area contributed by atoms with Gasteiger partial charge < -0.3 is 25.5 Å². The average Bonchev–Trinajstić information content (AvgIpc) is 3.22. The fourth-order valence-electron chi connectivity index (χ4n) is 4.09. The molecule has 0 radical (unpaired) electrons. The van der Waals surface area contributed by atoms with Crippen LogP contribution in [0.15, 0.2) is 83.7 Å². The largest absolute Gasteiger partial charge is 0.493 e. The molecule has 0 fully saturated rings. The third-order valence-electron chi connectivity index (χ3n) is 6.15. The fourth-order valence-corrected chi connectivity index (χ4v) is 4.45. The van der Waals surface area contributed by atoms with Crippen molar-refractivity contribution in [1.82, 2.24) is 14.9 Å². The van der Waals surface area contributed by atoms with E-state index in [2.05, 4.69) is 38.2 Å². The van der Waals surface area contributed by atoms with E-state index in [0.717, 1.165) is 13.7 Å². The van der Waals surface area contributed by atoms with Crippen LogP contribution in [0.5, 0.6) is 11.6 Å². The third kappa shape index (κ3) is 6.08. The van der Waals surface area contributed by atoms with Crippen molar-refractivity contribution < 1.29 is 19.4 Å². The van der Waals surface area contributed by atoms with Gasteiger partial charge in [0.15, 0.2) is 6.61 Å². The number of ether oxygens (including phenoxy) is 1. The lowest BCUT2D eigenvalue weighted by Crippen LogP contribution is -2.35. The number of carbonyl (C=O) groups is 2. The Kier molecular flexibility index (Phi) is 8.52. The number of anilines is 1. The van der Waals surface area contributed by atoms with Crippen LogP contribution in [0, 0.1) is 3.57 Å². The Morgan fingerprint density at radius 2 is 1.68 bits per heavy atom. The first-order valence-electron chi connectivity index (χ1n) is 11.9. The Bertz CT molecular complexity index is 1460. The molecule has 0 spiro atoms. The molecule has 9 nitrogen and oxygen atoms in total. The highest BCUT2D eigenvalue weighted by Crippen LogP contribution is 2.35. The molecular weight excluding hydrogens is 599 g/mol. The van der Waals surface area contributed by atoms with Crippen LogP contribution in [0.1, 0.15) is 24.4 Å². The number of likely N-dealkylation sites (N-methyl/N-ethyl adjacent to an activating group) is 1. The van der Waals surface area contributed by atoms with Gasteiger partial charge in [0.25, 0.3) is 5.91 Å². The number of amides is 2. The number of aromatic hydroxyl groups is 1. The number of nitrogens with one attached hydrogen (secondary N) is 3. The lowest BCUT2D eigenvalue weighted by molar-refractivity contribution is -0.122. The molecule has 3 aromatic carbocycles. The molecule has 2 atom stereocenters. The molecule has 4 rings (SSSR count). The first-order valence-corrected chi connectivity index (χ1v) is 12.9. The molecule has 0 unspecified atom stereocenters. The number of carbonyl (C=O) groups excluding carboxylic acids is 2. The van der Waals surface area contributed by atoms with Gasteiger partial charge in [-0.2, -0.15) is 0 Å². The average molecular weight is 626 g/mol. The van der Waals surface area contributed by atoms with Gasteiger partial charge in [-0.25, -0.2) is 9.36 Å². The molecule has 196 valence electrons. The zero-order chi connectivity index (χ0) is 27.2. The quantitative estimate of drug-likeness (QED) is 0.207. The summed E-state index contributed by atoms with van der Waals surface area (Å²) in [5, 5.41) is 16.6. The van der Waals surface area contributed by atoms with Crippen molar-refractivity contribution in [2.24, 2.45) is 0 Å². The number of nitrogens with zero attached hydrogens (tertiary/aromatic N) is 1. The van der Waals surface area contributed by atoms with Gasteiger partial charge in [-0.05, 0) is 76.7 Å². The van der Waals surface area contributed by atoms with E-state index in [-0.39, 0.29) is 24.1 Å². The molecular formula is C28H27IN4O5. The van der Waals surface area contributed by atoms with Gasteiger partial charge in [0, 0.05) is 27.8 Å². The lowest BCUT2D eigenvalue weighted by atomic mass is 9.92. The number of halogens is 1. The molecule has 4 aromatic rings. The van der Waals surface area contributed by atoms with E-state index in [1.807, 2.05) is 49.4 Å². The Morgan fingerprint density at radius 1 is 1.03 bits per heavy atom. The van der Waals surface area contributed by atoms with E-state index in [1.165, 1.54) is 7.05 Å². The number of aromatic amines is 1. The van der Waals surface area contributed by atoms with Crippen molar-refractivity contribution in [1.29, 1.82) is 0 Å². The number of aromatic nitrogens is 2. The van der Waals surface area contributed by atoms with Gasteiger partial charge in [-0.1, -0.05) is 37.3 Å². The van der Waals surface area contributed by atoms with E-state index in [9.17, 15) is 19.5 Å². The standard InChI is InChI=1S/C28H27IN4O5/c1-17(18-6-4-3-5-7-18)25(26(35)31-21-12-10-20(29)11-13-21)33-27(36)24(32-28(33)37)19-8-14-22(15-9-19)38-16-23(34)30-2/h3-15,17,25,36H,16H2,1-2H3,(H,30,34)(H,31,35)(H,32,37)/t17-,25-/m0/s1. The fraction of sp³-hybridized carbons (Fsp3) is 0.179. The maximum atomic E-state index is 13.6. The third-order valence-corrected chi connectivity index (χ3v) is 6.87. The highest BCUT2D eigenvalue weighted by atomic mass is 127. The number of hydrogen-bond donors (Lipinski definition) is 4. The minimum Gasteiger partial charge on any atom is -0.493 e. The second kappa shape index (κ2) is 12.0. The SMILES string of the molecule is CNC(=O)COc1ccc(-c2[nH]c(=O)n([C@H](C(=O)Nc3ccc(I)cc3)[C@@H](C)c3ccccc3)c2O)cc1. The molecule has 0 saturated heterocycles. The predicted molar refractivity (Wildman–Crippen MR) is 153 cm³/mol.